The van der Waals surface area contributed by atoms with E-state index in [1.807, 2.05) is 0 Å². The number of likely N-dealkylation sites (tertiary alicyclic amines) is 1. The zero-order valence-corrected chi connectivity index (χ0v) is 9.83. The van der Waals surface area contributed by atoms with Crippen molar-refractivity contribution in [3.05, 3.63) is 0 Å². The highest BCUT2D eigenvalue weighted by Gasteiger charge is 2.27. The molecule has 1 heterocycles. The van der Waals surface area contributed by atoms with Crippen molar-refractivity contribution in [1.29, 1.82) is 0 Å². The Balaban J connectivity index is 2.51. The third-order valence-electron chi connectivity index (χ3n) is 3.04. The van der Waals surface area contributed by atoms with Gasteiger partial charge < -0.3 is 16.0 Å². The van der Waals surface area contributed by atoms with Gasteiger partial charge in [-0.3, -0.25) is 0 Å². The zero-order chi connectivity index (χ0) is 11.3. The van der Waals surface area contributed by atoms with Crippen LogP contribution in [0.1, 0.15) is 33.1 Å². The van der Waals surface area contributed by atoms with Gasteiger partial charge in [-0.05, 0) is 25.3 Å². The van der Waals surface area contributed by atoms with Gasteiger partial charge in [0.1, 0.15) is 0 Å². The number of nitrogens with one attached hydrogen (secondary N) is 1. The Bertz CT molecular complexity index is 194. The van der Waals surface area contributed by atoms with E-state index in [1.165, 1.54) is 19.3 Å². The molecule has 0 bridgehead atoms. The standard InChI is InChI=1S/C11H23N3O/c1-3-5-9-6-10(13-4-2)8-14(7-9)11(12)15/h9-10,13H,3-8H2,1-2H3,(H2,12,15). The van der Waals surface area contributed by atoms with Crippen LogP contribution in [-0.2, 0) is 0 Å². The highest BCUT2D eigenvalue weighted by molar-refractivity contribution is 5.72. The highest BCUT2D eigenvalue weighted by Crippen LogP contribution is 2.21. The number of hydrogen-bond donors (Lipinski definition) is 2. The number of rotatable bonds is 4. The molecule has 0 aromatic rings. The third-order valence-corrected chi connectivity index (χ3v) is 3.04. The second-order valence-electron chi connectivity index (χ2n) is 4.39. The highest BCUT2D eigenvalue weighted by atomic mass is 16.2. The van der Waals surface area contributed by atoms with Crippen LogP contribution in [-0.4, -0.2) is 36.6 Å². The van der Waals surface area contributed by atoms with Crippen molar-refractivity contribution >= 4 is 6.03 Å². The normalized spacial score (nSPS) is 26.7. The van der Waals surface area contributed by atoms with Gasteiger partial charge in [0.2, 0.25) is 0 Å². The summed E-state index contributed by atoms with van der Waals surface area (Å²) >= 11 is 0. The fraction of sp³-hybridized carbons (Fsp3) is 0.909. The van der Waals surface area contributed by atoms with E-state index in [0.29, 0.717) is 12.0 Å². The third kappa shape index (κ3) is 3.70. The number of amides is 2. The molecule has 1 saturated heterocycles. The van der Waals surface area contributed by atoms with Crippen LogP contribution in [0, 0.1) is 5.92 Å². The smallest absolute Gasteiger partial charge is 0.314 e. The zero-order valence-electron chi connectivity index (χ0n) is 9.83. The molecule has 2 amide bonds. The summed E-state index contributed by atoms with van der Waals surface area (Å²) in [4.78, 5) is 12.9. The van der Waals surface area contributed by atoms with Gasteiger partial charge in [-0.1, -0.05) is 20.3 Å². The van der Waals surface area contributed by atoms with Crippen molar-refractivity contribution in [2.24, 2.45) is 11.7 Å². The molecule has 0 saturated carbocycles. The van der Waals surface area contributed by atoms with Crippen LogP contribution in [0.2, 0.25) is 0 Å². The summed E-state index contributed by atoms with van der Waals surface area (Å²) < 4.78 is 0. The number of nitrogens with two attached hydrogens (primary N) is 1. The van der Waals surface area contributed by atoms with Gasteiger partial charge in [0.05, 0.1) is 0 Å². The molecule has 88 valence electrons. The van der Waals surface area contributed by atoms with Crippen molar-refractivity contribution in [1.82, 2.24) is 10.2 Å². The van der Waals surface area contributed by atoms with E-state index in [0.717, 1.165) is 19.6 Å². The molecule has 1 fully saturated rings. The molecule has 4 heteroatoms. The van der Waals surface area contributed by atoms with Gasteiger partial charge in [0.25, 0.3) is 0 Å². The van der Waals surface area contributed by atoms with Crippen LogP contribution >= 0.6 is 0 Å². The maximum atomic E-state index is 11.2. The first-order valence-corrected chi connectivity index (χ1v) is 5.95. The maximum absolute atomic E-state index is 11.2. The topological polar surface area (TPSA) is 58.4 Å². The molecule has 0 spiro atoms. The van der Waals surface area contributed by atoms with Gasteiger partial charge >= 0.3 is 6.03 Å². The van der Waals surface area contributed by atoms with E-state index in [1.54, 1.807) is 4.90 Å². The molecule has 4 nitrogen and oxygen atoms in total. The lowest BCUT2D eigenvalue weighted by Gasteiger charge is -2.37. The Morgan fingerprint density at radius 1 is 1.47 bits per heavy atom. The van der Waals surface area contributed by atoms with Gasteiger partial charge in [-0.15, -0.1) is 0 Å². The van der Waals surface area contributed by atoms with Crippen LogP contribution < -0.4 is 11.1 Å². The molecule has 2 atom stereocenters. The van der Waals surface area contributed by atoms with Crippen LogP contribution in [0.5, 0.6) is 0 Å². The molecular formula is C11H23N3O. The lowest BCUT2D eigenvalue weighted by Crippen LogP contribution is -2.52. The second-order valence-corrected chi connectivity index (χ2v) is 4.39. The minimum Gasteiger partial charge on any atom is -0.351 e. The van der Waals surface area contributed by atoms with E-state index >= 15 is 0 Å². The maximum Gasteiger partial charge on any atom is 0.314 e. The van der Waals surface area contributed by atoms with Crippen LogP contribution in [0.25, 0.3) is 0 Å². The largest absolute Gasteiger partial charge is 0.351 e. The quantitative estimate of drug-likeness (QED) is 0.736. The first kappa shape index (κ1) is 12.3. The van der Waals surface area contributed by atoms with E-state index < -0.39 is 0 Å². The van der Waals surface area contributed by atoms with E-state index in [-0.39, 0.29) is 6.03 Å². The Morgan fingerprint density at radius 3 is 2.73 bits per heavy atom. The number of hydrogen-bond acceptors (Lipinski definition) is 2. The monoisotopic (exact) mass is 213 g/mol. The summed E-state index contributed by atoms with van der Waals surface area (Å²) in [5.41, 5.74) is 5.34. The lowest BCUT2D eigenvalue weighted by molar-refractivity contribution is 0.149. The van der Waals surface area contributed by atoms with E-state index in [4.69, 9.17) is 5.73 Å². The van der Waals surface area contributed by atoms with Gasteiger partial charge in [0, 0.05) is 19.1 Å². The molecular weight excluding hydrogens is 190 g/mol. The molecule has 1 rings (SSSR count). The summed E-state index contributed by atoms with van der Waals surface area (Å²) in [5, 5.41) is 3.41. The Hall–Kier alpha value is -0.770. The van der Waals surface area contributed by atoms with Crippen molar-refractivity contribution < 1.29 is 4.79 Å². The van der Waals surface area contributed by atoms with Crippen LogP contribution in [0.3, 0.4) is 0 Å². The molecule has 1 aliphatic rings. The molecule has 0 aromatic heterocycles. The fourth-order valence-corrected chi connectivity index (χ4v) is 2.44. The number of carbonyl (C=O) groups is 1. The molecule has 0 aromatic carbocycles. The van der Waals surface area contributed by atoms with Gasteiger partial charge in [-0.2, -0.15) is 0 Å². The fourth-order valence-electron chi connectivity index (χ4n) is 2.44. The summed E-state index contributed by atoms with van der Waals surface area (Å²) in [6.45, 7) is 6.84. The molecule has 0 radical (unpaired) electrons. The predicted octanol–water partition coefficient (Wildman–Crippen LogP) is 1.17. The van der Waals surface area contributed by atoms with Gasteiger partial charge in [-0.25, -0.2) is 4.79 Å². The summed E-state index contributed by atoms with van der Waals surface area (Å²) in [5.74, 6) is 0.611. The minimum atomic E-state index is -0.279. The first-order chi connectivity index (χ1) is 7.17. The lowest BCUT2D eigenvalue weighted by atomic mass is 9.91. The van der Waals surface area contributed by atoms with Crippen molar-refractivity contribution in [2.45, 2.75) is 39.2 Å². The number of primary amides is 1. The number of piperidine rings is 1. The molecule has 1 aliphatic heterocycles. The van der Waals surface area contributed by atoms with E-state index in [2.05, 4.69) is 19.2 Å². The minimum absolute atomic E-state index is 0.279. The summed E-state index contributed by atoms with van der Waals surface area (Å²) in [6.07, 6.45) is 3.53. The van der Waals surface area contributed by atoms with Crippen LogP contribution in [0.4, 0.5) is 4.79 Å². The Labute approximate surface area is 92.2 Å². The molecule has 0 aliphatic carbocycles. The average Bonchev–Trinajstić information content (AvgIpc) is 2.18. The number of likely N-dealkylation sites (N-methyl/N-ethyl adjacent to an activating group) is 1. The predicted molar refractivity (Wildman–Crippen MR) is 61.6 cm³/mol. The SMILES string of the molecule is CCCC1CC(NCC)CN(C(N)=O)C1. The summed E-state index contributed by atoms with van der Waals surface area (Å²) in [6, 6.07) is 0.145. The molecule has 2 unspecified atom stereocenters. The molecule has 15 heavy (non-hydrogen) atoms. The average molecular weight is 213 g/mol. The van der Waals surface area contributed by atoms with Gasteiger partial charge in [0.15, 0.2) is 0 Å². The van der Waals surface area contributed by atoms with Crippen molar-refractivity contribution in [2.75, 3.05) is 19.6 Å². The number of carbonyl (C=O) groups excluding carboxylic acids is 1. The van der Waals surface area contributed by atoms with Crippen LogP contribution in [0.15, 0.2) is 0 Å². The second kappa shape index (κ2) is 5.95. The first-order valence-electron chi connectivity index (χ1n) is 5.95. The van der Waals surface area contributed by atoms with Crippen molar-refractivity contribution in [3.63, 3.8) is 0 Å². The number of urea groups is 1. The summed E-state index contributed by atoms with van der Waals surface area (Å²) in [7, 11) is 0. The molecule has 3 N–H and O–H groups in total. The van der Waals surface area contributed by atoms with E-state index in [9.17, 15) is 4.79 Å². The number of nitrogens with zero attached hydrogens (tertiary/aromatic N) is 1. The Kier molecular flexibility index (Phi) is 4.88. The van der Waals surface area contributed by atoms with Crippen molar-refractivity contribution in [3.8, 4) is 0 Å². The Morgan fingerprint density at radius 2 is 2.20 bits per heavy atom.